The maximum absolute atomic E-state index is 10.8. The van der Waals surface area contributed by atoms with Crippen LogP contribution in [-0.2, 0) is 11.1 Å². The molecule has 0 saturated carbocycles. The Balaban J connectivity index is 2.01. The summed E-state index contributed by atoms with van der Waals surface area (Å²) >= 11 is -1.99. The van der Waals surface area contributed by atoms with Crippen molar-refractivity contribution < 1.29 is 8.76 Å². The maximum atomic E-state index is 10.8. The second kappa shape index (κ2) is 5.55. The van der Waals surface area contributed by atoms with Gasteiger partial charge in [-0.25, -0.2) is 14.2 Å². The van der Waals surface area contributed by atoms with E-state index in [1.165, 1.54) is 31.7 Å². The molecule has 17 heavy (non-hydrogen) atoms. The Kier molecular flexibility index (Phi) is 4.06. The molecule has 1 aliphatic heterocycles. The molecule has 1 aromatic rings. The molecule has 1 saturated heterocycles. The summed E-state index contributed by atoms with van der Waals surface area (Å²) < 4.78 is 19.7. The first-order valence-corrected chi connectivity index (χ1v) is 6.99. The molecule has 1 aromatic heterocycles. The van der Waals surface area contributed by atoms with Gasteiger partial charge in [0.05, 0.1) is 12.4 Å². The molecule has 1 unspecified atom stereocenters. The summed E-state index contributed by atoms with van der Waals surface area (Å²) in [6.45, 7) is 4.17. The van der Waals surface area contributed by atoms with Crippen molar-refractivity contribution in [2.75, 3.05) is 18.0 Å². The molecule has 0 amide bonds. The minimum atomic E-state index is -1.99. The van der Waals surface area contributed by atoms with Crippen LogP contribution >= 0.6 is 0 Å². The van der Waals surface area contributed by atoms with Gasteiger partial charge in [-0.15, -0.1) is 0 Å². The highest BCUT2D eigenvalue weighted by molar-refractivity contribution is 7.79. The van der Waals surface area contributed by atoms with E-state index in [-0.39, 0.29) is 4.90 Å². The van der Waals surface area contributed by atoms with Crippen LogP contribution in [0.2, 0.25) is 0 Å². The molecule has 1 N–H and O–H groups in total. The number of anilines is 1. The van der Waals surface area contributed by atoms with E-state index in [1.54, 1.807) is 0 Å². The van der Waals surface area contributed by atoms with Crippen LogP contribution in [0.3, 0.4) is 0 Å². The van der Waals surface area contributed by atoms with Crippen molar-refractivity contribution in [3.8, 4) is 0 Å². The van der Waals surface area contributed by atoms with E-state index in [0.29, 0.717) is 5.95 Å². The first-order valence-electron chi connectivity index (χ1n) is 5.88. The molecule has 0 aromatic carbocycles. The van der Waals surface area contributed by atoms with E-state index in [9.17, 15) is 4.21 Å². The third kappa shape index (κ3) is 3.01. The van der Waals surface area contributed by atoms with Crippen molar-refractivity contribution in [1.29, 1.82) is 0 Å². The van der Waals surface area contributed by atoms with Crippen LogP contribution in [0, 0.1) is 5.92 Å². The van der Waals surface area contributed by atoms with Crippen LogP contribution in [0.1, 0.15) is 26.2 Å². The SMILES string of the molecule is CCC1CCN(c2ncc(S(=O)O)cn2)CC1. The number of nitrogens with zero attached hydrogens (tertiary/aromatic N) is 3. The highest BCUT2D eigenvalue weighted by atomic mass is 32.2. The van der Waals surface area contributed by atoms with E-state index in [2.05, 4.69) is 21.8 Å². The third-order valence-corrected chi connectivity index (χ3v) is 3.90. The first kappa shape index (κ1) is 12.4. The molecule has 94 valence electrons. The average Bonchev–Trinajstić information content (AvgIpc) is 2.39. The van der Waals surface area contributed by atoms with Gasteiger partial charge in [0.15, 0.2) is 11.1 Å². The normalized spacial score (nSPS) is 19.3. The zero-order valence-electron chi connectivity index (χ0n) is 9.87. The largest absolute Gasteiger partial charge is 0.341 e. The van der Waals surface area contributed by atoms with Gasteiger partial charge >= 0.3 is 0 Å². The van der Waals surface area contributed by atoms with Gasteiger partial charge in [0, 0.05) is 13.1 Å². The van der Waals surface area contributed by atoms with Gasteiger partial charge < -0.3 is 9.45 Å². The van der Waals surface area contributed by atoms with E-state index < -0.39 is 11.1 Å². The molecule has 0 spiro atoms. The standard InChI is InChI=1S/C11H17N3O2S/c1-2-9-3-5-14(6-4-9)11-12-7-10(8-13-11)17(15)16/h7-9H,2-6H2,1H3,(H,15,16). The molecular weight excluding hydrogens is 238 g/mol. The lowest BCUT2D eigenvalue weighted by Crippen LogP contribution is -2.34. The van der Waals surface area contributed by atoms with E-state index in [4.69, 9.17) is 4.55 Å². The summed E-state index contributed by atoms with van der Waals surface area (Å²) in [7, 11) is 0. The molecule has 6 heteroatoms. The lowest BCUT2D eigenvalue weighted by atomic mass is 9.95. The predicted molar refractivity (Wildman–Crippen MR) is 66.3 cm³/mol. The smallest absolute Gasteiger partial charge is 0.225 e. The fourth-order valence-electron chi connectivity index (χ4n) is 2.10. The minimum absolute atomic E-state index is 0.247. The molecule has 5 nitrogen and oxygen atoms in total. The zero-order chi connectivity index (χ0) is 12.3. The highest BCUT2D eigenvalue weighted by Crippen LogP contribution is 2.22. The van der Waals surface area contributed by atoms with Crippen molar-refractivity contribution in [3.63, 3.8) is 0 Å². The molecule has 0 aliphatic carbocycles. The van der Waals surface area contributed by atoms with E-state index in [1.807, 2.05) is 0 Å². The van der Waals surface area contributed by atoms with Crippen LogP contribution in [0.5, 0.6) is 0 Å². The number of aromatic nitrogens is 2. The summed E-state index contributed by atoms with van der Waals surface area (Å²) in [4.78, 5) is 10.7. The molecule has 2 rings (SSSR count). The van der Waals surface area contributed by atoms with Crippen molar-refractivity contribution in [1.82, 2.24) is 9.97 Å². The topological polar surface area (TPSA) is 66.3 Å². The Hall–Kier alpha value is -1.01. The lowest BCUT2D eigenvalue weighted by Gasteiger charge is -2.31. The quantitative estimate of drug-likeness (QED) is 0.832. The lowest BCUT2D eigenvalue weighted by molar-refractivity contribution is 0.392. The fourth-order valence-corrected chi connectivity index (χ4v) is 2.39. The van der Waals surface area contributed by atoms with Gasteiger partial charge in [-0.1, -0.05) is 13.3 Å². The second-order valence-electron chi connectivity index (χ2n) is 4.31. The molecule has 1 aliphatic rings. The molecule has 2 heterocycles. The average molecular weight is 255 g/mol. The number of rotatable bonds is 3. The van der Waals surface area contributed by atoms with E-state index in [0.717, 1.165) is 19.0 Å². The summed E-state index contributed by atoms with van der Waals surface area (Å²) in [5.41, 5.74) is 0. The van der Waals surface area contributed by atoms with Crippen LogP contribution in [0.4, 0.5) is 5.95 Å². The van der Waals surface area contributed by atoms with Crippen LogP contribution in [-0.4, -0.2) is 31.8 Å². The summed E-state index contributed by atoms with van der Waals surface area (Å²) in [5.74, 6) is 1.48. The van der Waals surface area contributed by atoms with Crippen molar-refractivity contribution in [2.45, 2.75) is 31.1 Å². The zero-order valence-corrected chi connectivity index (χ0v) is 10.7. The highest BCUT2D eigenvalue weighted by Gasteiger charge is 2.19. The van der Waals surface area contributed by atoms with Gasteiger partial charge in [0.1, 0.15) is 4.90 Å². The Labute approximate surface area is 104 Å². The Morgan fingerprint density at radius 1 is 1.41 bits per heavy atom. The van der Waals surface area contributed by atoms with Gasteiger partial charge in [0.2, 0.25) is 5.95 Å². The third-order valence-electron chi connectivity index (χ3n) is 3.29. The fraction of sp³-hybridized carbons (Fsp3) is 0.636. The van der Waals surface area contributed by atoms with Crippen LogP contribution in [0.15, 0.2) is 17.3 Å². The van der Waals surface area contributed by atoms with Crippen LogP contribution < -0.4 is 4.90 Å². The summed E-state index contributed by atoms with van der Waals surface area (Å²) in [6.07, 6.45) is 6.42. The summed E-state index contributed by atoms with van der Waals surface area (Å²) in [5, 5.41) is 0. The van der Waals surface area contributed by atoms with Crippen molar-refractivity contribution in [2.24, 2.45) is 5.92 Å². The van der Waals surface area contributed by atoms with E-state index >= 15 is 0 Å². The number of hydrogen-bond acceptors (Lipinski definition) is 4. The second-order valence-corrected chi connectivity index (χ2v) is 5.28. The van der Waals surface area contributed by atoms with Crippen LogP contribution in [0.25, 0.3) is 0 Å². The summed E-state index contributed by atoms with van der Waals surface area (Å²) in [6, 6.07) is 0. The molecular formula is C11H17N3O2S. The Morgan fingerprint density at radius 3 is 2.47 bits per heavy atom. The molecule has 0 bridgehead atoms. The first-order chi connectivity index (χ1) is 8.20. The Morgan fingerprint density at radius 2 is 2.00 bits per heavy atom. The predicted octanol–water partition coefficient (Wildman–Crippen LogP) is 1.68. The van der Waals surface area contributed by atoms with Gasteiger partial charge in [-0.05, 0) is 18.8 Å². The maximum Gasteiger partial charge on any atom is 0.225 e. The monoisotopic (exact) mass is 255 g/mol. The molecule has 1 atom stereocenters. The number of piperidine rings is 1. The Bertz CT molecular complexity index is 388. The van der Waals surface area contributed by atoms with Gasteiger partial charge in [-0.2, -0.15) is 0 Å². The molecule has 1 fully saturated rings. The molecule has 0 radical (unpaired) electrons. The minimum Gasteiger partial charge on any atom is -0.341 e. The van der Waals surface area contributed by atoms with Gasteiger partial charge in [0.25, 0.3) is 0 Å². The number of hydrogen-bond donors (Lipinski definition) is 1. The van der Waals surface area contributed by atoms with Crippen molar-refractivity contribution in [3.05, 3.63) is 12.4 Å². The van der Waals surface area contributed by atoms with Crippen molar-refractivity contribution >= 4 is 17.0 Å². The van der Waals surface area contributed by atoms with Gasteiger partial charge in [-0.3, -0.25) is 0 Å².